The second-order valence-corrected chi connectivity index (χ2v) is 6.81. The monoisotopic (exact) mass is 341 g/mol. The minimum Gasteiger partial charge on any atom is -0.353 e. The predicted molar refractivity (Wildman–Crippen MR) is 95.4 cm³/mol. The SMILES string of the molecule is N#C[C@@H]1[C@@H]2C(=O)N(c3ccccc3)C(=O)[C@@H]2[C@H]2c3ccccc3C=CN12. The Bertz CT molecular complexity index is 992. The fourth-order valence-electron chi connectivity index (χ4n) is 4.54. The minimum atomic E-state index is -0.645. The zero-order valence-corrected chi connectivity index (χ0v) is 13.8. The van der Waals surface area contributed by atoms with Crippen molar-refractivity contribution in [2.75, 3.05) is 4.90 Å². The van der Waals surface area contributed by atoms with Crippen LogP contribution in [0.25, 0.3) is 6.08 Å². The molecule has 0 aromatic heterocycles. The third-order valence-corrected chi connectivity index (χ3v) is 5.61. The number of benzene rings is 2. The Balaban J connectivity index is 1.65. The van der Waals surface area contributed by atoms with Crippen LogP contribution in [0.1, 0.15) is 17.2 Å². The molecule has 2 saturated heterocycles. The Morgan fingerprint density at radius 3 is 2.35 bits per heavy atom. The molecule has 0 N–H and O–H groups in total. The van der Waals surface area contributed by atoms with Crippen LogP contribution in [0.2, 0.25) is 0 Å². The number of hydrogen-bond acceptors (Lipinski definition) is 4. The summed E-state index contributed by atoms with van der Waals surface area (Å²) in [5.74, 6) is -1.69. The summed E-state index contributed by atoms with van der Waals surface area (Å²) in [6.45, 7) is 0. The highest BCUT2D eigenvalue weighted by Gasteiger charge is 2.63. The van der Waals surface area contributed by atoms with Crippen LogP contribution in [-0.2, 0) is 9.59 Å². The Morgan fingerprint density at radius 1 is 0.885 bits per heavy atom. The number of carbonyl (C=O) groups excluding carboxylic acids is 2. The standard InChI is InChI=1S/C21H15N3O2/c22-12-16-17-18(19-15-9-5-4-6-13(15)10-11-23(16)19)21(26)24(20(17)25)14-7-2-1-3-8-14/h1-11,16-19H/t16-,17+,18+,19-/m1/s1. The van der Waals surface area contributed by atoms with Gasteiger partial charge in [-0.2, -0.15) is 5.26 Å². The molecular weight excluding hydrogens is 326 g/mol. The van der Waals surface area contributed by atoms with Gasteiger partial charge in [0, 0.05) is 6.20 Å². The van der Waals surface area contributed by atoms with Gasteiger partial charge in [0.05, 0.1) is 29.6 Å². The molecule has 0 bridgehead atoms. The first-order chi connectivity index (χ1) is 12.7. The second-order valence-electron chi connectivity index (χ2n) is 6.81. The first kappa shape index (κ1) is 14.9. The van der Waals surface area contributed by atoms with Gasteiger partial charge in [-0.15, -0.1) is 0 Å². The van der Waals surface area contributed by atoms with E-state index < -0.39 is 17.9 Å². The van der Waals surface area contributed by atoms with E-state index in [1.54, 1.807) is 24.3 Å². The lowest BCUT2D eigenvalue weighted by Crippen LogP contribution is -2.40. The number of nitriles is 1. The van der Waals surface area contributed by atoms with E-state index in [0.29, 0.717) is 5.69 Å². The largest absolute Gasteiger partial charge is 0.353 e. The molecule has 0 radical (unpaired) electrons. The van der Waals surface area contributed by atoms with Gasteiger partial charge in [0.25, 0.3) is 0 Å². The Kier molecular flexibility index (Phi) is 3.04. The number of rotatable bonds is 1. The average Bonchev–Trinajstić information content (AvgIpc) is 3.15. The van der Waals surface area contributed by atoms with Crippen molar-refractivity contribution in [1.29, 1.82) is 5.26 Å². The molecule has 26 heavy (non-hydrogen) atoms. The molecule has 2 amide bonds. The summed E-state index contributed by atoms with van der Waals surface area (Å²) in [7, 11) is 0. The Morgan fingerprint density at radius 2 is 1.58 bits per heavy atom. The lowest BCUT2D eigenvalue weighted by atomic mass is 9.85. The second kappa shape index (κ2) is 5.30. The van der Waals surface area contributed by atoms with Crippen LogP contribution < -0.4 is 4.90 Å². The van der Waals surface area contributed by atoms with E-state index in [1.807, 2.05) is 47.5 Å². The number of fused-ring (bicyclic) bond motifs is 5. The smallest absolute Gasteiger partial charge is 0.240 e. The van der Waals surface area contributed by atoms with Crippen LogP contribution in [0, 0.1) is 23.2 Å². The molecule has 2 fully saturated rings. The van der Waals surface area contributed by atoms with E-state index >= 15 is 0 Å². The highest BCUT2D eigenvalue weighted by atomic mass is 16.2. The molecule has 5 nitrogen and oxygen atoms in total. The quantitative estimate of drug-likeness (QED) is 0.748. The van der Waals surface area contributed by atoms with Crippen LogP contribution in [0.5, 0.6) is 0 Å². The first-order valence-electron chi connectivity index (χ1n) is 8.59. The molecule has 0 saturated carbocycles. The number of imide groups is 1. The van der Waals surface area contributed by atoms with Crippen molar-refractivity contribution in [2.24, 2.45) is 11.8 Å². The van der Waals surface area contributed by atoms with Crippen molar-refractivity contribution in [2.45, 2.75) is 12.1 Å². The van der Waals surface area contributed by atoms with Gasteiger partial charge in [0.15, 0.2) is 0 Å². The summed E-state index contributed by atoms with van der Waals surface area (Å²) in [5, 5.41) is 9.75. The Hall–Kier alpha value is -3.39. The van der Waals surface area contributed by atoms with Gasteiger partial charge in [-0.05, 0) is 29.3 Å². The van der Waals surface area contributed by atoms with E-state index in [0.717, 1.165) is 11.1 Å². The van der Waals surface area contributed by atoms with Gasteiger partial charge >= 0.3 is 0 Å². The van der Waals surface area contributed by atoms with E-state index in [9.17, 15) is 14.9 Å². The third kappa shape index (κ3) is 1.79. The van der Waals surface area contributed by atoms with Gasteiger partial charge in [-0.3, -0.25) is 9.59 Å². The molecule has 5 heteroatoms. The molecule has 0 spiro atoms. The number of hydrogen-bond donors (Lipinski definition) is 0. The van der Waals surface area contributed by atoms with E-state index in [4.69, 9.17) is 0 Å². The van der Waals surface area contributed by atoms with Crippen LogP contribution in [0.15, 0.2) is 60.8 Å². The lowest BCUT2D eigenvalue weighted by Gasteiger charge is -2.33. The number of amides is 2. The molecule has 0 aliphatic carbocycles. The summed E-state index contributed by atoms with van der Waals surface area (Å²) in [6, 6.07) is 18.2. The molecule has 126 valence electrons. The highest BCUT2D eigenvalue weighted by Crippen LogP contribution is 2.52. The van der Waals surface area contributed by atoms with Gasteiger partial charge in [-0.1, -0.05) is 42.5 Å². The maximum absolute atomic E-state index is 13.3. The molecule has 0 unspecified atom stereocenters. The predicted octanol–water partition coefficient (Wildman–Crippen LogP) is 2.73. The molecule has 4 atom stereocenters. The lowest BCUT2D eigenvalue weighted by molar-refractivity contribution is -0.123. The number of carbonyl (C=O) groups is 2. The van der Waals surface area contributed by atoms with E-state index in [2.05, 4.69) is 6.07 Å². The molecule has 3 aliphatic heterocycles. The van der Waals surface area contributed by atoms with Crippen molar-refractivity contribution in [3.05, 3.63) is 71.9 Å². The molecule has 3 heterocycles. The molecule has 5 rings (SSSR count). The summed E-state index contributed by atoms with van der Waals surface area (Å²) in [6.07, 6.45) is 3.80. The average molecular weight is 341 g/mol. The molecule has 2 aromatic carbocycles. The topological polar surface area (TPSA) is 64.4 Å². The zero-order chi connectivity index (χ0) is 17.8. The number of anilines is 1. The minimum absolute atomic E-state index is 0.218. The van der Waals surface area contributed by atoms with Crippen molar-refractivity contribution in [3.8, 4) is 6.07 Å². The normalized spacial score (nSPS) is 28.6. The van der Waals surface area contributed by atoms with Crippen LogP contribution >= 0.6 is 0 Å². The van der Waals surface area contributed by atoms with Gasteiger partial charge in [0.1, 0.15) is 6.04 Å². The van der Waals surface area contributed by atoms with Crippen molar-refractivity contribution in [1.82, 2.24) is 4.90 Å². The highest BCUT2D eigenvalue weighted by molar-refractivity contribution is 6.23. The van der Waals surface area contributed by atoms with Gasteiger partial charge in [-0.25, -0.2) is 4.90 Å². The van der Waals surface area contributed by atoms with Crippen molar-refractivity contribution < 1.29 is 9.59 Å². The van der Waals surface area contributed by atoms with Gasteiger partial charge < -0.3 is 4.90 Å². The summed E-state index contributed by atoms with van der Waals surface area (Å²) in [5.41, 5.74) is 2.60. The zero-order valence-electron chi connectivity index (χ0n) is 13.8. The summed E-state index contributed by atoms with van der Waals surface area (Å²) >= 11 is 0. The fraction of sp³-hybridized carbons (Fsp3) is 0.190. The van der Waals surface area contributed by atoms with Crippen LogP contribution in [0.3, 0.4) is 0 Å². The summed E-state index contributed by atoms with van der Waals surface area (Å²) in [4.78, 5) is 29.5. The number of para-hydroxylation sites is 1. The maximum atomic E-state index is 13.3. The number of nitrogens with zero attached hydrogens (tertiary/aromatic N) is 3. The summed E-state index contributed by atoms with van der Waals surface area (Å²) < 4.78 is 0. The molecule has 3 aliphatic rings. The van der Waals surface area contributed by atoms with Crippen LogP contribution in [0.4, 0.5) is 5.69 Å². The molecule has 2 aromatic rings. The first-order valence-corrected chi connectivity index (χ1v) is 8.59. The van der Waals surface area contributed by atoms with Gasteiger partial charge in [0.2, 0.25) is 11.8 Å². The van der Waals surface area contributed by atoms with Crippen molar-refractivity contribution >= 4 is 23.6 Å². The maximum Gasteiger partial charge on any atom is 0.240 e. The van der Waals surface area contributed by atoms with E-state index in [1.165, 1.54) is 4.90 Å². The Labute approximate surface area is 150 Å². The fourth-order valence-corrected chi connectivity index (χ4v) is 4.54. The molecular formula is C21H15N3O2. The third-order valence-electron chi connectivity index (χ3n) is 5.61. The van der Waals surface area contributed by atoms with E-state index in [-0.39, 0.29) is 17.9 Å². The van der Waals surface area contributed by atoms with Crippen LogP contribution in [-0.4, -0.2) is 22.8 Å². The van der Waals surface area contributed by atoms with Crippen molar-refractivity contribution in [3.63, 3.8) is 0 Å².